The monoisotopic (exact) mass is 292 g/mol. The molecule has 2 aromatic rings. The van der Waals surface area contributed by atoms with Crippen LogP contribution in [0.25, 0.3) is 0 Å². The van der Waals surface area contributed by atoms with Crippen LogP contribution in [0.1, 0.15) is 11.1 Å². The number of ether oxygens (including phenoxy) is 1. The number of nitrogen functional groups attached to an aromatic ring is 1. The van der Waals surface area contributed by atoms with E-state index < -0.39 is 4.92 Å². The molecule has 0 atom stereocenters. The van der Waals surface area contributed by atoms with E-state index in [0.29, 0.717) is 17.7 Å². The van der Waals surface area contributed by atoms with Crippen LogP contribution in [0.3, 0.4) is 0 Å². The fourth-order valence-corrected chi connectivity index (χ4v) is 2.17. The zero-order valence-corrected chi connectivity index (χ0v) is 11.6. The topological polar surface area (TPSA) is 78.4 Å². The molecule has 2 rings (SSSR count). The summed E-state index contributed by atoms with van der Waals surface area (Å²) in [5.41, 5.74) is 7.47. The van der Waals surface area contributed by atoms with Crippen molar-refractivity contribution in [2.75, 3.05) is 12.8 Å². The first kappa shape index (κ1) is 14.1. The van der Waals surface area contributed by atoms with E-state index in [-0.39, 0.29) is 10.7 Å². The maximum absolute atomic E-state index is 11.1. The largest absolute Gasteiger partial charge is 0.497 e. The molecule has 2 N–H and O–H groups in total. The second-order valence-electron chi connectivity index (χ2n) is 4.27. The van der Waals surface area contributed by atoms with Crippen LogP contribution in [0.2, 0.25) is 5.02 Å². The number of benzene rings is 2. The standard InChI is InChI=1S/C14H13ClN2O3/c1-20-11-4-2-9(3-5-11)6-12-13(16)7-10(15)8-14(12)17(18)19/h2-5,7-8H,6,16H2,1H3. The maximum atomic E-state index is 11.1. The number of methoxy groups -OCH3 is 1. The zero-order valence-electron chi connectivity index (χ0n) is 10.8. The van der Waals surface area contributed by atoms with Gasteiger partial charge in [-0.3, -0.25) is 10.1 Å². The number of nitrogens with two attached hydrogens (primary N) is 1. The van der Waals surface area contributed by atoms with E-state index in [1.165, 1.54) is 12.1 Å². The van der Waals surface area contributed by atoms with Crippen molar-refractivity contribution in [1.29, 1.82) is 0 Å². The molecule has 6 heteroatoms. The van der Waals surface area contributed by atoms with Gasteiger partial charge in [0.25, 0.3) is 5.69 Å². The molecular weight excluding hydrogens is 280 g/mol. The van der Waals surface area contributed by atoms with Crippen molar-refractivity contribution in [3.8, 4) is 5.75 Å². The van der Waals surface area contributed by atoms with Gasteiger partial charge in [-0.15, -0.1) is 0 Å². The van der Waals surface area contributed by atoms with Gasteiger partial charge < -0.3 is 10.5 Å². The van der Waals surface area contributed by atoms with Crippen molar-refractivity contribution < 1.29 is 9.66 Å². The summed E-state index contributed by atoms with van der Waals surface area (Å²) in [7, 11) is 1.58. The Morgan fingerprint density at radius 1 is 1.30 bits per heavy atom. The van der Waals surface area contributed by atoms with Crippen molar-refractivity contribution in [2.45, 2.75) is 6.42 Å². The molecule has 5 nitrogen and oxygen atoms in total. The molecular formula is C14H13ClN2O3. The van der Waals surface area contributed by atoms with Crippen LogP contribution in [0.4, 0.5) is 11.4 Å². The lowest BCUT2D eigenvalue weighted by atomic mass is 10.0. The number of nitrogens with zero attached hydrogens (tertiary/aromatic N) is 1. The van der Waals surface area contributed by atoms with Gasteiger partial charge in [0.15, 0.2) is 0 Å². The number of halogens is 1. The van der Waals surface area contributed by atoms with Crippen molar-refractivity contribution >= 4 is 23.0 Å². The average molecular weight is 293 g/mol. The molecule has 0 fully saturated rings. The third-order valence-electron chi connectivity index (χ3n) is 2.96. The Kier molecular flexibility index (Phi) is 4.10. The SMILES string of the molecule is COc1ccc(Cc2c(N)cc(Cl)cc2[N+](=O)[O-])cc1. The Hall–Kier alpha value is -2.27. The number of rotatable bonds is 4. The Bertz CT molecular complexity index is 642. The van der Waals surface area contributed by atoms with E-state index in [1.807, 2.05) is 12.1 Å². The quantitative estimate of drug-likeness (QED) is 0.532. The minimum Gasteiger partial charge on any atom is -0.497 e. The van der Waals surface area contributed by atoms with Crippen molar-refractivity contribution in [1.82, 2.24) is 0 Å². The third kappa shape index (κ3) is 3.00. The fourth-order valence-electron chi connectivity index (χ4n) is 1.95. The second-order valence-corrected chi connectivity index (χ2v) is 4.71. The van der Waals surface area contributed by atoms with Crippen LogP contribution in [-0.4, -0.2) is 12.0 Å². The van der Waals surface area contributed by atoms with Crippen molar-refractivity contribution in [3.05, 3.63) is 62.7 Å². The first-order valence-electron chi connectivity index (χ1n) is 5.86. The summed E-state index contributed by atoms with van der Waals surface area (Å²) in [6.45, 7) is 0. The molecule has 0 radical (unpaired) electrons. The molecule has 0 amide bonds. The van der Waals surface area contributed by atoms with Crippen LogP contribution >= 0.6 is 11.6 Å². The highest BCUT2D eigenvalue weighted by atomic mass is 35.5. The molecule has 2 aromatic carbocycles. The van der Waals surface area contributed by atoms with Gasteiger partial charge in [-0.25, -0.2) is 0 Å². The third-order valence-corrected chi connectivity index (χ3v) is 3.18. The summed E-state index contributed by atoms with van der Waals surface area (Å²) >= 11 is 5.81. The summed E-state index contributed by atoms with van der Waals surface area (Å²) in [5.74, 6) is 0.729. The first-order valence-corrected chi connectivity index (χ1v) is 6.24. The lowest BCUT2D eigenvalue weighted by Gasteiger charge is -2.08. The molecule has 0 unspecified atom stereocenters. The molecule has 0 aliphatic heterocycles. The number of nitro benzene ring substituents is 1. The van der Waals surface area contributed by atoms with Crippen molar-refractivity contribution in [2.24, 2.45) is 0 Å². The summed E-state index contributed by atoms with van der Waals surface area (Å²) < 4.78 is 5.07. The predicted molar refractivity (Wildman–Crippen MR) is 78.3 cm³/mol. The van der Waals surface area contributed by atoms with Gasteiger partial charge >= 0.3 is 0 Å². The molecule has 104 valence electrons. The van der Waals surface area contributed by atoms with E-state index >= 15 is 0 Å². The Morgan fingerprint density at radius 2 is 1.95 bits per heavy atom. The average Bonchev–Trinajstić information content (AvgIpc) is 2.42. The summed E-state index contributed by atoms with van der Waals surface area (Å²) in [4.78, 5) is 10.6. The molecule has 0 aliphatic carbocycles. The second kappa shape index (κ2) is 5.79. The van der Waals surface area contributed by atoms with Crippen LogP contribution in [0.5, 0.6) is 5.75 Å². The van der Waals surface area contributed by atoms with Crippen LogP contribution in [0.15, 0.2) is 36.4 Å². The summed E-state index contributed by atoms with van der Waals surface area (Å²) in [6.07, 6.45) is 0.364. The van der Waals surface area contributed by atoms with Crippen LogP contribution in [-0.2, 0) is 6.42 Å². The van der Waals surface area contributed by atoms with E-state index in [4.69, 9.17) is 22.1 Å². The molecule has 0 spiro atoms. The molecule has 0 aromatic heterocycles. The van der Waals surface area contributed by atoms with Crippen LogP contribution in [0, 0.1) is 10.1 Å². The molecule has 0 saturated heterocycles. The minimum absolute atomic E-state index is 0.0641. The Labute approximate surface area is 121 Å². The molecule has 0 saturated carbocycles. The maximum Gasteiger partial charge on any atom is 0.276 e. The number of anilines is 1. The van der Waals surface area contributed by atoms with Gasteiger partial charge in [-0.05, 0) is 23.8 Å². The van der Waals surface area contributed by atoms with Gasteiger partial charge in [0.1, 0.15) is 5.75 Å². The van der Waals surface area contributed by atoms with E-state index in [2.05, 4.69) is 0 Å². The van der Waals surface area contributed by atoms with Crippen LogP contribution < -0.4 is 10.5 Å². The Morgan fingerprint density at radius 3 is 2.50 bits per heavy atom. The van der Waals surface area contributed by atoms with E-state index in [1.54, 1.807) is 19.2 Å². The highest BCUT2D eigenvalue weighted by molar-refractivity contribution is 6.31. The van der Waals surface area contributed by atoms with Gasteiger partial charge in [-0.2, -0.15) is 0 Å². The van der Waals surface area contributed by atoms with Gasteiger partial charge in [0.2, 0.25) is 0 Å². The summed E-state index contributed by atoms with van der Waals surface area (Å²) in [5, 5.41) is 11.3. The predicted octanol–water partition coefficient (Wildman–Crippen LogP) is 3.43. The molecule has 0 aliphatic rings. The lowest BCUT2D eigenvalue weighted by molar-refractivity contribution is -0.385. The molecule has 0 heterocycles. The van der Waals surface area contributed by atoms with Gasteiger partial charge in [0.05, 0.1) is 17.6 Å². The number of hydrogen-bond acceptors (Lipinski definition) is 4. The number of hydrogen-bond donors (Lipinski definition) is 1. The van der Waals surface area contributed by atoms with Crippen molar-refractivity contribution in [3.63, 3.8) is 0 Å². The molecule has 20 heavy (non-hydrogen) atoms. The highest BCUT2D eigenvalue weighted by Gasteiger charge is 2.18. The Balaban J connectivity index is 2.39. The van der Waals surface area contributed by atoms with E-state index in [0.717, 1.165) is 11.3 Å². The smallest absolute Gasteiger partial charge is 0.276 e. The molecule has 0 bridgehead atoms. The van der Waals surface area contributed by atoms with Gasteiger partial charge in [0, 0.05) is 23.2 Å². The normalized spacial score (nSPS) is 10.3. The van der Waals surface area contributed by atoms with Gasteiger partial charge in [-0.1, -0.05) is 23.7 Å². The minimum atomic E-state index is -0.471. The fraction of sp³-hybridized carbons (Fsp3) is 0.143. The van der Waals surface area contributed by atoms with E-state index in [9.17, 15) is 10.1 Å². The summed E-state index contributed by atoms with van der Waals surface area (Å²) in [6, 6.07) is 10.1. The highest BCUT2D eigenvalue weighted by Crippen LogP contribution is 2.31. The number of nitro groups is 1. The first-order chi connectivity index (χ1) is 9.51. The zero-order chi connectivity index (χ0) is 14.7. The lowest BCUT2D eigenvalue weighted by Crippen LogP contribution is -2.02.